The van der Waals surface area contributed by atoms with E-state index < -0.39 is 5.97 Å². The number of benzene rings is 1. The van der Waals surface area contributed by atoms with Crippen LogP contribution in [-0.4, -0.2) is 35.5 Å². The van der Waals surface area contributed by atoms with Crippen LogP contribution in [0.3, 0.4) is 0 Å². The minimum Gasteiger partial charge on any atom is -0.372 e. The number of carbonyl (C=O) groups excluding carboxylic acids is 1. The first-order chi connectivity index (χ1) is 11.8. The second-order valence-electron chi connectivity index (χ2n) is 5.70. The second kappa shape index (κ2) is 6.23. The number of oxime groups is 1. The Labute approximate surface area is 139 Å². The molecule has 2 aromatic rings. The van der Waals surface area contributed by atoms with Crippen molar-refractivity contribution in [3.8, 4) is 0 Å². The molecule has 4 rings (SSSR count). The van der Waals surface area contributed by atoms with Crippen LogP contribution < -0.4 is 4.90 Å². The Hall–Kier alpha value is -3.02. The molecule has 1 aromatic carbocycles. The zero-order valence-corrected chi connectivity index (χ0v) is 13.1. The molecule has 0 bridgehead atoms. The summed E-state index contributed by atoms with van der Waals surface area (Å²) in [4.78, 5) is 27.7. The van der Waals surface area contributed by atoms with Gasteiger partial charge in [-0.25, -0.2) is 9.79 Å². The van der Waals surface area contributed by atoms with Crippen LogP contribution in [0.2, 0.25) is 0 Å². The van der Waals surface area contributed by atoms with Gasteiger partial charge < -0.3 is 9.74 Å². The first-order valence-corrected chi connectivity index (χ1v) is 7.96. The summed E-state index contributed by atoms with van der Waals surface area (Å²) in [6, 6.07) is 13.3. The highest BCUT2D eigenvalue weighted by molar-refractivity contribution is 6.70. The van der Waals surface area contributed by atoms with Crippen molar-refractivity contribution in [1.29, 1.82) is 0 Å². The fraction of sp³-hybridized carbons (Fsp3) is 0.222. The van der Waals surface area contributed by atoms with Crippen LogP contribution in [0, 0.1) is 0 Å². The molecule has 24 heavy (non-hydrogen) atoms. The molecule has 2 aliphatic rings. The van der Waals surface area contributed by atoms with E-state index in [2.05, 4.69) is 20.0 Å². The smallest absolute Gasteiger partial charge is 0.372 e. The monoisotopic (exact) mass is 320 g/mol. The standard InChI is InChI=1S/C18H16N4O2/c23-18-17(16(21-24-18)15-5-1-2-10-19-15)20-13-6-8-14(9-7-13)22-11-3-4-12-22/h1-2,5-10H,3-4,11-12H2. The Balaban J connectivity index is 1.61. The van der Waals surface area contributed by atoms with Crippen molar-refractivity contribution in [3.63, 3.8) is 0 Å². The molecule has 0 radical (unpaired) electrons. The zero-order valence-electron chi connectivity index (χ0n) is 13.1. The van der Waals surface area contributed by atoms with Crippen LogP contribution in [0.1, 0.15) is 18.5 Å². The lowest BCUT2D eigenvalue weighted by Gasteiger charge is -2.17. The Kier molecular flexibility index (Phi) is 3.78. The number of anilines is 1. The van der Waals surface area contributed by atoms with E-state index in [-0.39, 0.29) is 5.71 Å². The number of aromatic nitrogens is 1. The van der Waals surface area contributed by atoms with Crippen molar-refractivity contribution >= 4 is 28.8 Å². The van der Waals surface area contributed by atoms with Gasteiger partial charge in [0.15, 0.2) is 11.4 Å². The molecule has 0 aliphatic carbocycles. The Morgan fingerprint density at radius 1 is 1.04 bits per heavy atom. The number of nitrogens with zero attached hydrogens (tertiary/aromatic N) is 4. The van der Waals surface area contributed by atoms with Gasteiger partial charge in [-0.1, -0.05) is 11.2 Å². The minimum absolute atomic E-state index is 0.183. The highest BCUT2D eigenvalue weighted by atomic mass is 16.7. The average molecular weight is 320 g/mol. The highest BCUT2D eigenvalue weighted by Crippen LogP contribution is 2.24. The summed E-state index contributed by atoms with van der Waals surface area (Å²) >= 11 is 0. The van der Waals surface area contributed by atoms with Crippen molar-refractivity contribution in [2.75, 3.05) is 18.0 Å². The van der Waals surface area contributed by atoms with Crippen molar-refractivity contribution < 1.29 is 9.63 Å². The normalized spacial score (nSPS) is 18.8. The van der Waals surface area contributed by atoms with E-state index in [9.17, 15) is 4.79 Å². The topological polar surface area (TPSA) is 67.1 Å². The molecule has 0 saturated carbocycles. The predicted octanol–water partition coefficient (Wildman–Crippen LogP) is 2.72. The van der Waals surface area contributed by atoms with Gasteiger partial charge >= 0.3 is 5.97 Å². The summed E-state index contributed by atoms with van der Waals surface area (Å²) in [5.74, 6) is -0.556. The van der Waals surface area contributed by atoms with Gasteiger partial charge in [0.25, 0.3) is 0 Å². The third-order valence-electron chi connectivity index (χ3n) is 4.11. The van der Waals surface area contributed by atoms with E-state index >= 15 is 0 Å². The molecule has 2 aliphatic heterocycles. The molecule has 0 unspecified atom stereocenters. The van der Waals surface area contributed by atoms with Crippen LogP contribution in [0.15, 0.2) is 58.8 Å². The van der Waals surface area contributed by atoms with E-state index in [4.69, 9.17) is 4.84 Å². The van der Waals surface area contributed by atoms with E-state index in [1.165, 1.54) is 18.5 Å². The number of rotatable bonds is 3. The van der Waals surface area contributed by atoms with Gasteiger partial charge in [0.2, 0.25) is 0 Å². The van der Waals surface area contributed by atoms with Crippen LogP contribution in [0.25, 0.3) is 0 Å². The van der Waals surface area contributed by atoms with Gasteiger partial charge in [0.05, 0.1) is 11.4 Å². The summed E-state index contributed by atoms with van der Waals surface area (Å²) in [5, 5.41) is 3.81. The van der Waals surface area contributed by atoms with Crippen LogP contribution in [-0.2, 0) is 9.63 Å². The van der Waals surface area contributed by atoms with Crippen molar-refractivity contribution in [3.05, 3.63) is 54.4 Å². The van der Waals surface area contributed by atoms with Gasteiger partial charge in [0.1, 0.15) is 0 Å². The Morgan fingerprint density at radius 2 is 1.83 bits per heavy atom. The molecule has 6 nitrogen and oxygen atoms in total. The minimum atomic E-state index is -0.556. The first-order valence-electron chi connectivity index (χ1n) is 7.96. The van der Waals surface area contributed by atoms with Gasteiger partial charge in [0, 0.05) is 25.0 Å². The summed E-state index contributed by atoms with van der Waals surface area (Å²) in [7, 11) is 0. The molecule has 0 atom stereocenters. The number of carbonyl (C=O) groups is 1. The molecule has 0 N–H and O–H groups in total. The lowest BCUT2D eigenvalue weighted by Crippen LogP contribution is -2.19. The summed E-state index contributed by atoms with van der Waals surface area (Å²) in [6.07, 6.45) is 4.11. The lowest BCUT2D eigenvalue weighted by atomic mass is 10.1. The van der Waals surface area contributed by atoms with E-state index in [0.29, 0.717) is 17.1 Å². The molecule has 0 spiro atoms. The number of aliphatic imine (C=N–C) groups is 1. The van der Waals surface area contributed by atoms with Gasteiger partial charge in [-0.05, 0) is 49.2 Å². The predicted molar refractivity (Wildman–Crippen MR) is 91.9 cm³/mol. The van der Waals surface area contributed by atoms with Gasteiger partial charge in [-0.2, -0.15) is 0 Å². The van der Waals surface area contributed by atoms with E-state index in [1.807, 2.05) is 30.3 Å². The van der Waals surface area contributed by atoms with Gasteiger partial charge in [-0.3, -0.25) is 4.98 Å². The maximum absolute atomic E-state index is 11.9. The maximum Gasteiger partial charge on any atom is 0.386 e. The SMILES string of the molecule is O=C1ON=C(c2ccccn2)C1=Nc1ccc(N2CCCC2)cc1. The second-order valence-corrected chi connectivity index (χ2v) is 5.70. The lowest BCUT2D eigenvalue weighted by molar-refractivity contribution is -0.134. The van der Waals surface area contributed by atoms with Crippen LogP contribution in [0.5, 0.6) is 0 Å². The average Bonchev–Trinajstić information content (AvgIpc) is 3.28. The fourth-order valence-corrected chi connectivity index (χ4v) is 2.88. The number of hydrogen-bond acceptors (Lipinski definition) is 6. The molecule has 0 amide bonds. The summed E-state index contributed by atoms with van der Waals surface area (Å²) in [5.41, 5.74) is 2.99. The number of hydrogen-bond donors (Lipinski definition) is 0. The Bertz CT molecular complexity index is 807. The zero-order chi connectivity index (χ0) is 16.4. The molecule has 3 heterocycles. The van der Waals surface area contributed by atoms with Crippen molar-refractivity contribution in [2.24, 2.45) is 10.1 Å². The van der Waals surface area contributed by atoms with E-state index in [1.54, 1.807) is 18.3 Å². The van der Waals surface area contributed by atoms with Crippen molar-refractivity contribution in [2.45, 2.75) is 12.8 Å². The summed E-state index contributed by atoms with van der Waals surface area (Å²) in [6.45, 7) is 2.19. The molecular weight excluding hydrogens is 304 g/mol. The third kappa shape index (κ3) is 2.78. The maximum atomic E-state index is 11.9. The molecule has 6 heteroatoms. The fourth-order valence-electron chi connectivity index (χ4n) is 2.88. The van der Waals surface area contributed by atoms with Gasteiger partial charge in [-0.15, -0.1) is 0 Å². The quantitative estimate of drug-likeness (QED) is 0.816. The largest absolute Gasteiger partial charge is 0.386 e. The molecular formula is C18H16N4O2. The van der Waals surface area contributed by atoms with Crippen LogP contribution in [0.4, 0.5) is 11.4 Å². The van der Waals surface area contributed by atoms with Crippen molar-refractivity contribution in [1.82, 2.24) is 4.98 Å². The number of pyridine rings is 1. The molecule has 1 fully saturated rings. The molecule has 120 valence electrons. The van der Waals surface area contributed by atoms with E-state index in [0.717, 1.165) is 13.1 Å². The molecule has 1 saturated heterocycles. The highest BCUT2D eigenvalue weighted by Gasteiger charge is 2.29. The first kappa shape index (κ1) is 14.6. The third-order valence-corrected chi connectivity index (χ3v) is 4.11. The molecule has 1 aromatic heterocycles. The van der Waals surface area contributed by atoms with Crippen LogP contribution >= 0.6 is 0 Å². The Morgan fingerprint density at radius 3 is 2.54 bits per heavy atom. The summed E-state index contributed by atoms with van der Waals surface area (Å²) < 4.78 is 0.